The number of amides is 1. The number of rotatable bonds is 8. The number of unbranched alkanes of at least 4 members (excludes halogenated alkanes) is 2. The summed E-state index contributed by atoms with van der Waals surface area (Å²) in [6, 6.07) is 15.5. The van der Waals surface area contributed by atoms with Crippen LogP contribution < -0.4 is 4.90 Å². The zero-order chi connectivity index (χ0) is 22.7. The molecule has 1 aliphatic rings. The van der Waals surface area contributed by atoms with Gasteiger partial charge in [-0.2, -0.15) is 0 Å². The Morgan fingerprint density at radius 1 is 1.03 bits per heavy atom. The number of para-hydroxylation sites is 2. The Bertz CT molecular complexity index is 1100. The predicted molar refractivity (Wildman–Crippen MR) is 126 cm³/mol. The summed E-state index contributed by atoms with van der Waals surface area (Å²) in [4.78, 5) is 33.4. The number of ether oxygens (including phenoxy) is 1. The molecular weight excluding hydrogens is 402 g/mol. The van der Waals surface area contributed by atoms with E-state index >= 15 is 0 Å². The molecule has 4 rings (SSSR count). The summed E-state index contributed by atoms with van der Waals surface area (Å²) in [6.07, 6.45) is 3.84. The van der Waals surface area contributed by atoms with Crippen molar-refractivity contribution in [3.8, 4) is 0 Å². The molecule has 0 saturated carbocycles. The molecule has 2 aromatic carbocycles. The van der Waals surface area contributed by atoms with E-state index in [1.54, 1.807) is 11.8 Å². The summed E-state index contributed by atoms with van der Waals surface area (Å²) < 4.78 is 7.47. The average molecular weight is 434 g/mol. The summed E-state index contributed by atoms with van der Waals surface area (Å²) in [5, 5.41) is 0. The van der Waals surface area contributed by atoms with E-state index in [0.29, 0.717) is 12.5 Å². The SMILES string of the molecule is CCCCCN1C(=O)[C@@H](C(=O)OCC)[C@H](c2ccc(CC)cc2)n2c1nc1ccccc12. The molecule has 1 amide bonds. The van der Waals surface area contributed by atoms with E-state index in [1.807, 2.05) is 36.4 Å². The van der Waals surface area contributed by atoms with Crippen molar-refractivity contribution in [2.75, 3.05) is 18.1 Å². The molecule has 0 N–H and O–H groups in total. The van der Waals surface area contributed by atoms with E-state index in [-0.39, 0.29) is 12.5 Å². The highest BCUT2D eigenvalue weighted by Crippen LogP contribution is 2.41. The van der Waals surface area contributed by atoms with Crippen molar-refractivity contribution in [1.82, 2.24) is 9.55 Å². The number of aryl methyl sites for hydroxylation is 1. The Morgan fingerprint density at radius 2 is 1.78 bits per heavy atom. The van der Waals surface area contributed by atoms with Gasteiger partial charge in [0.2, 0.25) is 11.9 Å². The van der Waals surface area contributed by atoms with Crippen LogP contribution in [0.25, 0.3) is 11.0 Å². The number of fused-ring (bicyclic) bond motifs is 3. The summed E-state index contributed by atoms with van der Waals surface area (Å²) in [7, 11) is 0. The molecule has 1 aromatic heterocycles. The Balaban J connectivity index is 1.92. The van der Waals surface area contributed by atoms with Crippen LogP contribution in [-0.2, 0) is 20.7 Å². The second-order valence-electron chi connectivity index (χ2n) is 8.24. The summed E-state index contributed by atoms with van der Waals surface area (Å²) >= 11 is 0. The quantitative estimate of drug-likeness (QED) is 0.288. The lowest BCUT2D eigenvalue weighted by atomic mass is 9.88. The van der Waals surface area contributed by atoms with Gasteiger partial charge in [0.05, 0.1) is 23.7 Å². The Labute approximate surface area is 189 Å². The van der Waals surface area contributed by atoms with Gasteiger partial charge in [-0.3, -0.25) is 14.5 Å². The monoisotopic (exact) mass is 433 g/mol. The van der Waals surface area contributed by atoms with Gasteiger partial charge in [0, 0.05) is 6.54 Å². The van der Waals surface area contributed by atoms with Crippen LogP contribution in [0.2, 0.25) is 0 Å². The van der Waals surface area contributed by atoms with Crippen LogP contribution in [0.5, 0.6) is 0 Å². The van der Waals surface area contributed by atoms with Crippen molar-refractivity contribution < 1.29 is 14.3 Å². The highest BCUT2D eigenvalue weighted by Gasteiger charge is 2.47. The van der Waals surface area contributed by atoms with Crippen LogP contribution >= 0.6 is 0 Å². The van der Waals surface area contributed by atoms with Gasteiger partial charge in [0.1, 0.15) is 0 Å². The van der Waals surface area contributed by atoms with Crippen LogP contribution in [0.1, 0.15) is 57.2 Å². The number of imidazole rings is 1. The van der Waals surface area contributed by atoms with Gasteiger partial charge in [-0.1, -0.05) is 63.1 Å². The number of carbonyl (C=O) groups excluding carboxylic acids is 2. The molecule has 0 spiro atoms. The fourth-order valence-electron chi connectivity index (χ4n) is 4.53. The maximum atomic E-state index is 13.8. The van der Waals surface area contributed by atoms with Crippen molar-refractivity contribution >= 4 is 28.9 Å². The lowest BCUT2D eigenvalue weighted by molar-refractivity contribution is -0.153. The molecule has 6 nitrogen and oxygen atoms in total. The third-order valence-electron chi connectivity index (χ3n) is 6.20. The fraction of sp³-hybridized carbons (Fsp3) is 0.423. The molecule has 2 heterocycles. The van der Waals surface area contributed by atoms with Crippen LogP contribution in [0.3, 0.4) is 0 Å². The molecule has 3 aromatic rings. The van der Waals surface area contributed by atoms with Gasteiger partial charge in [-0.05, 0) is 43.0 Å². The second-order valence-corrected chi connectivity index (χ2v) is 8.24. The van der Waals surface area contributed by atoms with E-state index in [1.165, 1.54) is 5.56 Å². The number of hydrogen-bond donors (Lipinski definition) is 0. The highest BCUT2D eigenvalue weighted by molar-refractivity contribution is 6.08. The molecule has 0 aliphatic carbocycles. The molecule has 168 valence electrons. The minimum absolute atomic E-state index is 0.230. The summed E-state index contributed by atoms with van der Waals surface area (Å²) in [5.41, 5.74) is 3.84. The van der Waals surface area contributed by atoms with Gasteiger partial charge in [0.15, 0.2) is 5.92 Å². The van der Waals surface area contributed by atoms with Crippen LogP contribution in [-0.4, -0.2) is 34.6 Å². The van der Waals surface area contributed by atoms with Gasteiger partial charge < -0.3 is 9.30 Å². The zero-order valence-corrected chi connectivity index (χ0v) is 19.1. The van der Waals surface area contributed by atoms with Crippen LogP contribution in [0.15, 0.2) is 48.5 Å². The first-order chi connectivity index (χ1) is 15.6. The van der Waals surface area contributed by atoms with Gasteiger partial charge in [0.25, 0.3) is 0 Å². The number of anilines is 1. The van der Waals surface area contributed by atoms with Crippen LogP contribution in [0.4, 0.5) is 5.95 Å². The smallest absolute Gasteiger partial charge is 0.321 e. The second kappa shape index (κ2) is 9.55. The predicted octanol–water partition coefficient (Wildman–Crippen LogP) is 4.90. The number of nitrogens with zero attached hydrogens (tertiary/aromatic N) is 3. The number of carbonyl (C=O) groups is 2. The molecule has 1 aliphatic heterocycles. The molecular formula is C26H31N3O3. The largest absolute Gasteiger partial charge is 0.465 e. The minimum Gasteiger partial charge on any atom is -0.465 e. The Morgan fingerprint density at radius 3 is 2.47 bits per heavy atom. The molecule has 0 fully saturated rings. The van der Waals surface area contributed by atoms with Gasteiger partial charge >= 0.3 is 5.97 Å². The molecule has 0 radical (unpaired) electrons. The van der Waals surface area contributed by atoms with Crippen LogP contribution in [0, 0.1) is 5.92 Å². The van der Waals surface area contributed by atoms with E-state index in [4.69, 9.17) is 9.72 Å². The number of aromatic nitrogens is 2. The van der Waals surface area contributed by atoms with E-state index in [0.717, 1.165) is 42.3 Å². The van der Waals surface area contributed by atoms with Crippen molar-refractivity contribution in [1.29, 1.82) is 0 Å². The van der Waals surface area contributed by atoms with Crippen molar-refractivity contribution in [2.45, 2.75) is 52.5 Å². The fourth-order valence-corrected chi connectivity index (χ4v) is 4.53. The standard InChI is InChI=1S/C26H31N3O3/c1-4-7-10-17-28-24(30)22(25(31)32-6-3)23(19-15-13-18(5-2)14-16-19)29-21-12-9-8-11-20(21)27-26(28)29/h8-9,11-16,22-23H,4-7,10,17H2,1-3H3/t22-,23-/m0/s1. The third-order valence-corrected chi connectivity index (χ3v) is 6.20. The Kier molecular flexibility index (Phi) is 6.58. The van der Waals surface area contributed by atoms with Crippen molar-refractivity contribution in [3.05, 3.63) is 59.7 Å². The molecule has 0 saturated heterocycles. The molecule has 0 bridgehead atoms. The summed E-state index contributed by atoms with van der Waals surface area (Å²) in [6.45, 7) is 6.78. The molecule has 2 atom stereocenters. The highest BCUT2D eigenvalue weighted by atomic mass is 16.5. The topological polar surface area (TPSA) is 64.4 Å². The van der Waals surface area contributed by atoms with E-state index in [2.05, 4.69) is 30.5 Å². The lowest BCUT2D eigenvalue weighted by Gasteiger charge is -2.38. The molecule has 0 unspecified atom stereocenters. The molecule has 32 heavy (non-hydrogen) atoms. The zero-order valence-electron chi connectivity index (χ0n) is 19.1. The van der Waals surface area contributed by atoms with E-state index in [9.17, 15) is 9.59 Å². The number of hydrogen-bond acceptors (Lipinski definition) is 4. The number of benzene rings is 2. The minimum atomic E-state index is -0.950. The third kappa shape index (κ3) is 3.90. The van der Waals surface area contributed by atoms with Gasteiger partial charge in [-0.15, -0.1) is 0 Å². The Hall–Kier alpha value is -3.15. The maximum Gasteiger partial charge on any atom is 0.321 e. The first kappa shape index (κ1) is 22.1. The van der Waals surface area contributed by atoms with Crippen molar-refractivity contribution in [3.63, 3.8) is 0 Å². The normalized spacial score (nSPS) is 18.1. The number of esters is 1. The first-order valence-corrected chi connectivity index (χ1v) is 11.6. The lowest BCUT2D eigenvalue weighted by Crippen LogP contribution is -2.50. The van der Waals surface area contributed by atoms with E-state index < -0.39 is 17.9 Å². The first-order valence-electron chi connectivity index (χ1n) is 11.6. The molecule has 6 heteroatoms. The van der Waals surface area contributed by atoms with Gasteiger partial charge in [-0.25, -0.2) is 4.98 Å². The summed E-state index contributed by atoms with van der Waals surface area (Å²) in [5.74, 6) is -1.05. The maximum absolute atomic E-state index is 13.8. The average Bonchev–Trinajstić information content (AvgIpc) is 3.19. The van der Waals surface area contributed by atoms with Crippen molar-refractivity contribution in [2.24, 2.45) is 5.92 Å².